The third-order valence-corrected chi connectivity index (χ3v) is 25.1. The second-order valence-corrected chi connectivity index (χ2v) is 34.3. The van der Waals surface area contributed by atoms with E-state index in [1.54, 1.807) is 88.7 Å². The van der Waals surface area contributed by atoms with Crippen molar-refractivity contribution in [2.45, 2.75) is 48.3 Å². The average molecular weight is 2080 g/mol. The molecule has 45 nitrogen and oxygen atoms in total. The number of methoxy groups -OCH3 is 6. The van der Waals surface area contributed by atoms with Crippen molar-refractivity contribution in [3.63, 3.8) is 0 Å². The molecule has 17 rings (SSSR count). The normalized spacial score (nSPS) is 17.1. The van der Waals surface area contributed by atoms with E-state index >= 15 is 0 Å². The molecule has 4 fully saturated rings. The highest BCUT2D eigenvalue weighted by Crippen LogP contribution is 2.49. The highest BCUT2D eigenvalue weighted by atomic mass is 35.5. The SMILES string of the molecule is C=CC(=O)Cl.C=CC(=O)NC1CN(c2ccn(C)n2)CC1Nc1ncc2cc(-c3c(Cl)c(OC)cc(OC)c3Cl)c(=O)n(C)c2n1.CO.COc1cc(OC)c(Cl)c(-c2cc3cnc(Cl)nc3n(C)c2=O)c1Cl.COc1cc(OC)c(Cl)c(-c2cc3cnc(NC4CN(c5ccn(C)n5)CC4N)nc3n(C)c2=O)c1Cl.Cn1ccc(N2CC(N)C(N)C2)n1.Cn1ccc(N2CC(N=[N+]=[N-])C(N=[N+]=[N-])C2)n1. The molecule has 10 aromatic heterocycles. The summed E-state index contributed by atoms with van der Waals surface area (Å²) in [6, 6.07) is 16.0. The molecule has 4 aliphatic rings. The largest absolute Gasteiger partial charge is 0.495 e. The number of nitrogens with zero attached hydrogens (tertiary/aromatic N) is 27. The van der Waals surface area contributed by atoms with Crippen molar-refractivity contribution in [3.05, 3.63) is 217 Å². The third kappa shape index (κ3) is 24.3. The number of rotatable bonds is 22. The number of anilines is 6. The Balaban J connectivity index is 0.000000173. The van der Waals surface area contributed by atoms with Crippen LogP contribution in [0.4, 0.5) is 35.2 Å². The molecule has 3 aromatic carbocycles. The van der Waals surface area contributed by atoms with Gasteiger partial charge in [-0.15, -0.1) is 0 Å². The molecule has 0 saturated carbocycles. The van der Waals surface area contributed by atoms with Crippen molar-refractivity contribution in [3.8, 4) is 67.9 Å². The highest BCUT2D eigenvalue weighted by Gasteiger charge is 2.38. The topological polar surface area (TPSA) is 549 Å². The van der Waals surface area contributed by atoms with Crippen LogP contribution in [0, 0.1) is 0 Å². The molecule has 4 aliphatic heterocycles. The predicted octanol–water partition coefficient (Wildman–Crippen LogP) is 10.7. The van der Waals surface area contributed by atoms with Gasteiger partial charge in [-0.25, -0.2) is 15.0 Å². The number of halogens is 8. The Kier molecular flexibility index (Phi) is 36.5. The lowest BCUT2D eigenvalue weighted by Crippen LogP contribution is -2.45. The zero-order valence-corrected chi connectivity index (χ0v) is 84.0. The molecule has 10 N–H and O–H groups in total. The fourth-order valence-corrected chi connectivity index (χ4v) is 17.7. The number of nitrogens with one attached hydrogen (secondary N) is 3. The fourth-order valence-electron chi connectivity index (χ4n) is 15.4. The molecule has 0 spiro atoms. The second-order valence-electron chi connectivity index (χ2n) is 31.4. The maximum absolute atomic E-state index is 13.6. The minimum absolute atomic E-state index is 0.0503. The number of amides is 1. The summed E-state index contributed by atoms with van der Waals surface area (Å²) in [4.78, 5) is 102. The first-order valence-electron chi connectivity index (χ1n) is 42.1. The summed E-state index contributed by atoms with van der Waals surface area (Å²) in [5.74, 6) is 5.77. The molecule has 14 heterocycles. The van der Waals surface area contributed by atoms with Crippen LogP contribution in [-0.4, -0.2) is 249 Å². The number of fused-ring (bicyclic) bond motifs is 3. The van der Waals surface area contributed by atoms with E-state index in [-0.39, 0.29) is 129 Å². The minimum atomic E-state index is -0.509. The van der Waals surface area contributed by atoms with Gasteiger partial charge in [-0.3, -0.25) is 56.4 Å². The first-order valence-corrected chi connectivity index (χ1v) is 45.1. The standard InChI is InChI=1S/C27H28Cl2N8O4.C24H26Cl2N8O3.C16H12Cl3N3O3.C8H11N9.C8H15N5.C3H3ClO.CH4O/c1-6-21(38)31-16-12-37(20-7-8-35(2)34-20)13-17(16)32-27-30-11-14-9-15(26(39)36(3)25(14)33-27)22-23(28)18(40-4)10-19(41-5)24(22)29;1-32-6-5-18(31-32)34-10-14(27)15(11-34)29-24-28-9-12-7-13(23(35)33(2)22(12)30-24)19-20(25)16(36-3)8-17(37-4)21(19)26;1-22-14-7(6-20-16(19)21-14)4-8(15(22)23)11-12(17)9(24-2)5-10(25-3)13(11)18;1-16-3-2-8(13-16)17-4-6(11-14-9)7(5-17)12-15-10;1-12-3-2-8(11-12)13-4-6(9)7(10)5-13;1-2-3(4)5;1-2/h6-11,16-17H,1,12-13H2,2-5H3,(H,31,38)(H,30,32,33);5-9,14-15H,10-11,27H2,1-4H3,(H,28,29,30);4-6H,1-3H3;2-3,6-7H,4-5H2,1H3;2-3,6-7H,4-5,9-10H2,1H3;2H,1H2;2H,1H3. The molecule has 53 heteroatoms. The average Bonchev–Trinajstić information content (AvgIpc) is 1.23. The number of carbonyl (C=O) groups is 2. The van der Waals surface area contributed by atoms with E-state index in [1.165, 1.54) is 68.6 Å². The van der Waals surface area contributed by atoms with Gasteiger partial charge in [0.15, 0.2) is 23.3 Å². The summed E-state index contributed by atoms with van der Waals surface area (Å²) in [7, 11) is 22.1. The van der Waals surface area contributed by atoms with Gasteiger partial charge in [0, 0.05) is 255 Å². The zero-order valence-electron chi connectivity index (χ0n) is 77.9. The molecule has 140 heavy (non-hydrogen) atoms. The van der Waals surface area contributed by atoms with E-state index < -0.39 is 5.24 Å². The smallest absolute Gasteiger partial charge is 0.259 e. The molecule has 0 radical (unpaired) electrons. The lowest BCUT2D eigenvalue weighted by atomic mass is 10.0. The Bertz CT molecular complexity index is 6920. The highest BCUT2D eigenvalue weighted by molar-refractivity contribution is 6.66. The number of hydrogen-bond acceptors (Lipinski definition) is 33. The van der Waals surface area contributed by atoms with Crippen molar-refractivity contribution in [2.24, 2.45) is 76.8 Å². The van der Waals surface area contributed by atoms with Gasteiger partial charge in [-0.1, -0.05) is 93.0 Å². The number of benzene rings is 3. The summed E-state index contributed by atoms with van der Waals surface area (Å²) < 4.78 is 43.1. The molecule has 8 atom stereocenters. The predicted molar refractivity (Wildman–Crippen MR) is 543 cm³/mol. The van der Waals surface area contributed by atoms with E-state index in [1.807, 2.05) is 82.1 Å². The van der Waals surface area contributed by atoms with Gasteiger partial charge in [0.1, 0.15) is 51.4 Å². The van der Waals surface area contributed by atoms with Crippen molar-refractivity contribution in [1.82, 2.24) is 88.0 Å². The van der Waals surface area contributed by atoms with Crippen LogP contribution in [0.3, 0.4) is 0 Å². The Labute approximate surface area is 839 Å². The van der Waals surface area contributed by atoms with E-state index in [0.717, 1.165) is 49.5 Å². The number of aryl methyl sites for hydroxylation is 7. The van der Waals surface area contributed by atoms with Crippen molar-refractivity contribution in [2.75, 3.05) is 132 Å². The van der Waals surface area contributed by atoms with E-state index in [4.69, 9.17) is 155 Å². The van der Waals surface area contributed by atoms with Crippen LogP contribution in [0.15, 0.2) is 154 Å². The number of carbonyl (C=O) groups excluding carboxylic acids is 2. The van der Waals surface area contributed by atoms with Crippen molar-refractivity contribution >= 4 is 172 Å². The summed E-state index contributed by atoms with van der Waals surface area (Å²) in [5, 5.41) is 43.9. The fraction of sp³-hybridized carbons (Fsp3) is 0.345. The lowest BCUT2D eigenvalue weighted by molar-refractivity contribution is -0.117. The van der Waals surface area contributed by atoms with Crippen molar-refractivity contribution in [1.29, 1.82) is 0 Å². The van der Waals surface area contributed by atoms with E-state index in [2.05, 4.69) is 114 Å². The molecule has 8 unspecified atom stereocenters. The Morgan fingerprint density at radius 2 is 0.721 bits per heavy atom. The number of ether oxygens (including phenoxy) is 6. The molecular formula is C87H99Cl8N33O12. The van der Waals surface area contributed by atoms with E-state index in [0.29, 0.717) is 130 Å². The van der Waals surface area contributed by atoms with Crippen molar-refractivity contribution < 1.29 is 43.1 Å². The molecule has 4 saturated heterocycles. The van der Waals surface area contributed by atoms with Gasteiger partial charge in [0.2, 0.25) is 28.3 Å². The van der Waals surface area contributed by atoms with Gasteiger partial charge < -0.3 is 86.3 Å². The number of nitrogens with two attached hydrogens (primary N) is 3. The van der Waals surface area contributed by atoms with Crippen LogP contribution in [0.1, 0.15) is 0 Å². The number of aliphatic hydroxyl groups excluding tert-OH is 1. The molecule has 0 aliphatic carbocycles. The van der Waals surface area contributed by atoms with Gasteiger partial charge in [0.25, 0.3) is 16.7 Å². The quantitative estimate of drug-likeness (QED) is 0.00827. The molecule has 13 aromatic rings. The first kappa shape index (κ1) is 107. The van der Waals surface area contributed by atoms with Crippen LogP contribution in [0.25, 0.3) is 87.4 Å². The molecule has 0 bridgehead atoms. The number of hydrogen-bond donors (Lipinski definition) is 7. The Morgan fingerprint density at radius 1 is 0.436 bits per heavy atom. The van der Waals surface area contributed by atoms with Gasteiger partial charge in [-0.05, 0) is 64.6 Å². The number of aliphatic hydroxyl groups is 1. The first-order chi connectivity index (χ1) is 66.9. The molecular weight excluding hydrogens is 1980 g/mol. The van der Waals surface area contributed by atoms with Crippen LogP contribution in [0.5, 0.6) is 34.5 Å². The maximum atomic E-state index is 13.6. The van der Waals surface area contributed by atoms with Crippen LogP contribution >= 0.6 is 92.8 Å². The van der Waals surface area contributed by atoms with Crippen LogP contribution in [-0.2, 0) is 58.9 Å². The summed E-state index contributed by atoms with van der Waals surface area (Å²) in [6.45, 7) is 11.6. The number of allylic oxidation sites excluding steroid dienone is 1. The lowest BCUT2D eigenvalue weighted by Gasteiger charge is -2.20. The van der Waals surface area contributed by atoms with Gasteiger partial charge >= 0.3 is 0 Å². The van der Waals surface area contributed by atoms with Crippen LogP contribution < -0.4 is 97.8 Å². The summed E-state index contributed by atoms with van der Waals surface area (Å²) in [5.41, 5.74) is 36.8. The molecule has 740 valence electrons. The molecule has 1 amide bonds. The van der Waals surface area contributed by atoms with Crippen LogP contribution in [0.2, 0.25) is 35.4 Å². The minimum Gasteiger partial charge on any atom is -0.495 e. The third-order valence-electron chi connectivity index (χ3n) is 22.5. The summed E-state index contributed by atoms with van der Waals surface area (Å²) >= 11 is 49.7. The Morgan fingerprint density at radius 3 is 1.03 bits per heavy atom. The number of pyridine rings is 3. The Hall–Kier alpha value is -13.6. The van der Waals surface area contributed by atoms with Gasteiger partial charge in [0.05, 0.1) is 120 Å². The maximum Gasteiger partial charge on any atom is 0.259 e. The number of azide groups is 2. The monoisotopic (exact) mass is 2080 g/mol. The number of aromatic nitrogens is 17. The second kappa shape index (κ2) is 47.8. The van der Waals surface area contributed by atoms with E-state index in [9.17, 15) is 24.0 Å². The summed E-state index contributed by atoms with van der Waals surface area (Å²) in [6.07, 6.45) is 14.6. The zero-order chi connectivity index (χ0) is 102. The van der Waals surface area contributed by atoms with Gasteiger partial charge in [-0.2, -0.15) is 35.3 Å².